The standard InChI is InChI=1S/C13H16O3/c1-9(14)10-4-6-11(7-5-10)16-13(2,3)12-8-15-12/h4-7,12H,8H2,1-3H3. The highest BCUT2D eigenvalue weighted by molar-refractivity contribution is 5.94. The molecule has 0 aliphatic carbocycles. The maximum absolute atomic E-state index is 11.1. The smallest absolute Gasteiger partial charge is 0.159 e. The lowest BCUT2D eigenvalue weighted by Crippen LogP contribution is -2.34. The van der Waals surface area contributed by atoms with Gasteiger partial charge >= 0.3 is 0 Å². The summed E-state index contributed by atoms with van der Waals surface area (Å²) in [6.45, 7) is 6.32. The predicted octanol–water partition coefficient (Wildman–Crippen LogP) is 2.45. The Balaban J connectivity index is 2.07. The third-order valence-corrected chi connectivity index (χ3v) is 2.75. The summed E-state index contributed by atoms with van der Waals surface area (Å²) in [6.07, 6.45) is 0.181. The predicted molar refractivity (Wildman–Crippen MR) is 60.9 cm³/mol. The SMILES string of the molecule is CC(=O)c1ccc(OC(C)(C)C2CO2)cc1. The van der Waals surface area contributed by atoms with Gasteiger partial charge in [0.05, 0.1) is 6.61 Å². The second-order valence-corrected chi connectivity index (χ2v) is 4.61. The first-order valence-corrected chi connectivity index (χ1v) is 5.41. The zero-order valence-electron chi connectivity index (χ0n) is 9.82. The summed E-state index contributed by atoms with van der Waals surface area (Å²) in [5.74, 6) is 0.835. The van der Waals surface area contributed by atoms with Crippen molar-refractivity contribution >= 4 is 5.78 Å². The zero-order valence-corrected chi connectivity index (χ0v) is 9.82. The lowest BCUT2D eigenvalue weighted by molar-refractivity contribution is 0.0744. The number of Topliss-reactive ketones (excluding diaryl/α,β-unsaturated/α-hetero) is 1. The van der Waals surface area contributed by atoms with Gasteiger partial charge in [0.2, 0.25) is 0 Å². The van der Waals surface area contributed by atoms with Gasteiger partial charge in [-0.15, -0.1) is 0 Å². The highest BCUT2D eigenvalue weighted by Gasteiger charge is 2.41. The molecule has 0 spiro atoms. The van der Waals surface area contributed by atoms with Crippen LogP contribution in [0.2, 0.25) is 0 Å². The van der Waals surface area contributed by atoms with Gasteiger partial charge in [0.15, 0.2) is 5.78 Å². The van der Waals surface area contributed by atoms with Crippen molar-refractivity contribution in [1.29, 1.82) is 0 Å². The molecule has 3 heteroatoms. The molecule has 0 saturated carbocycles. The van der Waals surface area contributed by atoms with Crippen molar-refractivity contribution in [1.82, 2.24) is 0 Å². The Morgan fingerprint density at radius 2 is 1.94 bits per heavy atom. The number of epoxide rings is 1. The van der Waals surface area contributed by atoms with Crippen LogP contribution in [0.1, 0.15) is 31.1 Å². The fourth-order valence-corrected chi connectivity index (χ4v) is 1.58. The van der Waals surface area contributed by atoms with Crippen LogP contribution in [0.5, 0.6) is 5.75 Å². The Morgan fingerprint density at radius 1 is 1.38 bits per heavy atom. The topological polar surface area (TPSA) is 38.8 Å². The maximum Gasteiger partial charge on any atom is 0.159 e. The second kappa shape index (κ2) is 3.91. The normalized spacial score (nSPS) is 19.3. The molecule has 1 heterocycles. The number of ether oxygens (including phenoxy) is 2. The molecule has 86 valence electrons. The summed E-state index contributed by atoms with van der Waals surface area (Å²) in [4.78, 5) is 11.1. The van der Waals surface area contributed by atoms with E-state index in [2.05, 4.69) is 0 Å². The van der Waals surface area contributed by atoms with Crippen LogP contribution >= 0.6 is 0 Å². The highest BCUT2D eigenvalue weighted by Crippen LogP contribution is 2.29. The lowest BCUT2D eigenvalue weighted by Gasteiger charge is -2.24. The number of benzene rings is 1. The molecular formula is C13H16O3. The summed E-state index contributed by atoms with van der Waals surface area (Å²) in [5, 5.41) is 0. The largest absolute Gasteiger partial charge is 0.485 e. The van der Waals surface area contributed by atoms with Gasteiger partial charge in [-0.3, -0.25) is 4.79 Å². The molecule has 1 aliphatic rings. The molecule has 1 atom stereocenters. The Bertz CT molecular complexity index is 388. The van der Waals surface area contributed by atoms with E-state index in [1.54, 1.807) is 19.1 Å². The molecule has 1 aliphatic heterocycles. The van der Waals surface area contributed by atoms with Crippen molar-refractivity contribution in [3.8, 4) is 5.75 Å². The van der Waals surface area contributed by atoms with Crippen LogP contribution in [0, 0.1) is 0 Å². The van der Waals surface area contributed by atoms with E-state index in [0.29, 0.717) is 5.56 Å². The highest BCUT2D eigenvalue weighted by atomic mass is 16.6. The monoisotopic (exact) mass is 220 g/mol. The first-order chi connectivity index (χ1) is 7.49. The minimum atomic E-state index is -0.308. The van der Waals surface area contributed by atoms with Gasteiger partial charge < -0.3 is 9.47 Å². The van der Waals surface area contributed by atoms with Gasteiger partial charge in [-0.25, -0.2) is 0 Å². The van der Waals surface area contributed by atoms with Crippen LogP contribution in [0.4, 0.5) is 0 Å². The van der Waals surface area contributed by atoms with Gasteiger partial charge in [-0.05, 0) is 45.0 Å². The average molecular weight is 220 g/mol. The molecule has 2 rings (SSSR count). The number of hydrogen-bond acceptors (Lipinski definition) is 3. The van der Waals surface area contributed by atoms with Crippen molar-refractivity contribution in [3.05, 3.63) is 29.8 Å². The molecule has 1 unspecified atom stereocenters. The van der Waals surface area contributed by atoms with Crippen molar-refractivity contribution in [3.63, 3.8) is 0 Å². The summed E-state index contributed by atoms with van der Waals surface area (Å²) in [5.41, 5.74) is 0.394. The molecule has 16 heavy (non-hydrogen) atoms. The summed E-state index contributed by atoms with van der Waals surface area (Å²) < 4.78 is 11.1. The van der Waals surface area contributed by atoms with Gasteiger partial charge in [0.1, 0.15) is 17.5 Å². The Kier molecular flexibility index (Phi) is 2.72. The van der Waals surface area contributed by atoms with E-state index in [0.717, 1.165) is 12.4 Å². The van der Waals surface area contributed by atoms with E-state index in [4.69, 9.17) is 9.47 Å². The Hall–Kier alpha value is -1.35. The van der Waals surface area contributed by atoms with Gasteiger partial charge in [0, 0.05) is 5.56 Å². The molecule has 0 bridgehead atoms. The van der Waals surface area contributed by atoms with E-state index in [-0.39, 0.29) is 17.5 Å². The summed E-state index contributed by atoms with van der Waals surface area (Å²) in [7, 11) is 0. The van der Waals surface area contributed by atoms with Gasteiger partial charge in [0.25, 0.3) is 0 Å². The maximum atomic E-state index is 11.1. The third kappa shape index (κ3) is 2.42. The number of rotatable bonds is 4. The van der Waals surface area contributed by atoms with Crippen molar-refractivity contribution in [2.24, 2.45) is 0 Å². The second-order valence-electron chi connectivity index (χ2n) is 4.61. The molecule has 0 aromatic heterocycles. The van der Waals surface area contributed by atoms with Crippen LogP contribution in [-0.2, 0) is 4.74 Å². The van der Waals surface area contributed by atoms with Crippen LogP contribution < -0.4 is 4.74 Å². The molecule has 0 radical (unpaired) electrons. The quantitative estimate of drug-likeness (QED) is 0.578. The fraction of sp³-hybridized carbons (Fsp3) is 0.462. The number of carbonyl (C=O) groups is 1. The minimum absolute atomic E-state index is 0.0661. The average Bonchev–Trinajstić information content (AvgIpc) is 3.01. The summed E-state index contributed by atoms with van der Waals surface area (Å²) >= 11 is 0. The minimum Gasteiger partial charge on any atom is -0.485 e. The molecular weight excluding hydrogens is 204 g/mol. The molecule has 3 nitrogen and oxygen atoms in total. The number of ketones is 1. The number of carbonyl (C=O) groups excluding carboxylic acids is 1. The first kappa shape index (κ1) is 11.1. The Morgan fingerprint density at radius 3 is 2.38 bits per heavy atom. The molecule has 0 amide bonds. The van der Waals surface area contributed by atoms with Crippen LogP contribution in [0.3, 0.4) is 0 Å². The van der Waals surface area contributed by atoms with Crippen LogP contribution in [0.15, 0.2) is 24.3 Å². The molecule has 1 aromatic carbocycles. The van der Waals surface area contributed by atoms with E-state index in [9.17, 15) is 4.79 Å². The fourth-order valence-electron chi connectivity index (χ4n) is 1.58. The zero-order chi connectivity index (χ0) is 11.8. The Labute approximate surface area is 95.4 Å². The van der Waals surface area contributed by atoms with E-state index in [1.807, 2.05) is 26.0 Å². The number of hydrogen-bond donors (Lipinski definition) is 0. The molecule has 1 fully saturated rings. The van der Waals surface area contributed by atoms with E-state index in [1.165, 1.54) is 0 Å². The molecule has 1 aromatic rings. The van der Waals surface area contributed by atoms with Crippen molar-refractivity contribution in [2.75, 3.05) is 6.61 Å². The summed E-state index contributed by atoms with van der Waals surface area (Å²) in [6, 6.07) is 7.20. The lowest BCUT2D eigenvalue weighted by atomic mass is 10.1. The molecule has 0 N–H and O–H groups in total. The van der Waals surface area contributed by atoms with Gasteiger partial charge in [-0.2, -0.15) is 0 Å². The first-order valence-electron chi connectivity index (χ1n) is 5.41. The van der Waals surface area contributed by atoms with Crippen LogP contribution in [0.25, 0.3) is 0 Å². The van der Waals surface area contributed by atoms with Crippen molar-refractivity contribution < 1.29 is 14.3 Å². The third-order valence-electron chi connectivity index (χ3n) is 2.75. The van der Waals surface area contributed by atoms with Crippen LogP contribution in [-0.4, -0.2) is 24.1 Å². The van der Waals surface area contributed by atoms with Crippen molar-refractivity contribution in [2.45, 2.75) is 32.5 Å². The van der Waals surface area contributed by atoms with E-state index < -0.39 is 0 Å². The van der Waals surface area contributed by atoms with E-state index >= 15 is 0 Å². The van der Waals surface area contributed by atoms with Gasteiger partial charge in [-0.1, -0.05) is 0 Å². The molecule has 1 saturated heterocycles.